The fourth-order valence-corrected chi connectivity index (χ4v) is 2.55. The third-order valence-electron chi connectivity index (χ3n) is 3.21. The maximum Gasteiger partial charge on any atom is 0.407 e. The highest BCUT2D eigenvalue weighted by Crippen LogP contribution is 2.28. The van der Waals surface area contributed by atoms with Gasteiger partial charge in [-0.1, -0.05) is 22.0 Å². The number of hydrogen-bond donors (Lipinski definition) is 4. The second-order valence-electron chi connectivity index (χ2n) is 6.33. The van der Waals surface area contributed by atoms with Crippen LogP contribution in [-0.4, -0.2) is 39.5 Å². The molecule has 23 heavy (non-hydrogen) atoms. The van der Waals surface area contributed by atoms with Crippen LogP contribution in [0.4, 0.5) is 4.79 Å². The molecule has 4 N–H and O–H groups in total. The number of aromatic amines is 1. The normalized spacial score (nSPS) is 14.5. The first kappa shape index (κ1) is 17.8. The number of ether oxygens (including phenoxy) is 1. The molecule has 0 fully saturated rings. The van der Waals surface area contributed by atoms with E-state index in [4.69, 9.17) is 4.74 Å². The summed E-state index contributed by atoms with van der Waals surface area (Å²) in [7, 11) is 0. The Labute approximate surface area is 143 Å². The van der Waals surface area contributed by atoms with E-state index in [-0.39, 0.29) is 6.54 Å². The van der Waals surface area contributed by atoms with Crippen LogP contribution in [0.2, 0.25) is 0 Å². The zero-order chi connectivity index (χ0) is 17.2. The Balaban J connectivity index is 2.01. The van der Waals surface area contributed by atoms with E-state index in [0.29, 0.717) is 5.56 Å². The monoisotopic (exact) mass is 384 g/mol. The van der Waals surface area contributed by atoms with Crippen molar-refractivity contribution in [2.75, 3.05) is 6.54 Å². The first-order chi connectivity index (χ1) is 10.7. The fraction of sp³-hybridized carbons (Fsp3) is 0.438. The second kappa shape index (κ2) is 6.90. The first-order valence-corrected chi connectivity index (χ1v) is 8.06. The van der Waals surface area contributed by atoms with Crippen molar-refractivity contribution in [2.24, 2.45) is 0 Å². The molecule has 1 amide bonds. The largest absolute Gasteiger partial charge is 0.444 e. The summed E-state index contributed by atoms with van der Waals surface area (Å²) in [6.45, 7) is 5.14. The van der Waals surface area contributed by atoms with Gasteiger partial charge in [-0.2, -0.15) is 0 Å². The van der Waals surface area contributed by atoms with Gasteiger partial charge in [-0.05, 0) is 32.9 Å². The number of nitrogens with one attached hydrogen (secondary N) is 2. The number of amides is 1. The van der Waals surface area contributed by atoms with E-state index in [9.17, 15) is 15.0 Å². The molecule has 7 heteroatoms. The molecule has 2 atom stereocenters. The summed E-state index contributed by atoms with van der Waals surface area (Å²) >= 11 is 3.38. The lowest BCUT2D eigenvalue weighted by Gasteiger charge is -2.22. The van der Waals surface area contributed by atoms with Crippen LogP contribution in [0, 0.1) is 0 Å². The van der Waals surface area contributed by atoms with E-state index in [2.05, 4.69) is 26.2 Å². The maximum absolute atomic E-state index is 11.6. The van der Waals surface area contributed by atoms with Gasteiger partial charge in [-0.15, -0.1) is 0 Å². The maximum atomic E-state index is 11.6. The summed E-state index contributed by atoms with van der Waals surface area (Å²) in [6, 6.07) is 5.59. The van der Waals surface area contributed by atoms with Gasteiger partial charge in [-0.25, -0.2) is 4.79 Å². The Kier molecular flexibility index (Phi) is 5.33. The zero-order valence-electron chi connectivity index (χ0n) is 13.3. The Bertz CT molecular complexity index is 693. The number of rotatable bonds is 4. The lowest BCUT2D eigenvalue weighted by atomic mass is 10.0. The van der Waals surface area contributed by atoms with Crippen molar-refractivity contribution in [3.05, 3.63) is 34.4 Å². The molecule has 1 heterocycles. The van der Waals surface area contributed by atoms with Crippen LogP contribution in [0.3, 0.4) is 0 Å². The lowest BCUT2D eigenvalue weighted by molar-refractivity contribution is 0.0136. The van der Waals surface area contributed by atoms with Crippen LogP contribution >= 0.6 is 15.9 Å². The van der Waals surface area contributed by atoms with Crippen LogP contribution in [0.5, 0.6) is 0 Å². The fourth-order valence-electron chi connectivity index (χ4n) is 2.19. The van der Waals surface area contributed by atoms with Gasteiger partial charge in [0.1, 0.15) is 17.8 Å². The van der Waals surface area contributed by atoms with Gasteiger partial charge in [0.05, 0.1) is 0 Å². The van der Waals surface area contributed by atoms with Gasteiger partial charge in [0.2, 0.25) is 0 Å². The van der Waals surface area contributed by atoms with Crippen LogP contribution < -0.4 is 5.32 Å². The Hall–Kier alpha value is -1.57. The van der Waals surface area contributed by atoms with Crippen LogP contribution in [0.1, 0.15) is 32.4 Å². The van der Waals surface area contributed by atoms with Crippen molar-refractivity contribution in [3.8, 4) is 0 Å². The molecule has 0 radical (unpaired) electrons. The first-order valence-electron chi connectivity index (χ1n) is 7.27. The highest BCUT2D eigenvalue weighted by Gasteiger charge is 2.23. The van der Waals surface area contributed by atoms with Crippen LogP contribution in [-0.2, 0) is 4.74 Å². The smallest absolute Gasteiger partial charge is 0.407 e. The number of hydrogen-bond acceptors (Lipinski definition) is 4. The quantitative estimate of drug-likeness (QED) is 0.651. The lowest BCUT2D eigenvalue weighted by Crippen LogP contribution is -2.38. The average Bonchev–Trinajstić information content (AvgIpc) is 2.84. The summed E-state index contributed by atoms with van der Waals surface area (Å²) in [5.74, 6) is 0. The van der Waals surface area contributed by atoms with Gasteiger partial charge in [0.25, 0.3) is 0 Å². The molecule has 1 aromatic carbocycles. The number of aliphatic hydroxyl groups is 2. The van der Waals surface area contributed by atoms with Crippen LogP contribution in [0.15, 0.2) is 28.9 Å². The summed E-state index contributed by atoms with van der Waals surface area (Å²) < 4.78 is 6.00. The molecule has 2 rings (SSSR count). The van der Waals surface area contributed by atoms with Gasteiger partial charge < -0.3 is 25.3 Å². The average molecular weight is 385 g/mol. The Morgan fingerprint density at radius 1 is 1.39 bits per heavy atom. The Morgan fingerprint density at radius 2 is 2.09 bits per heavy atom. The van der Waals surface area contributed by atoms with Crippen molar-refractivity contribution in [3.63, 3.8) is 0 Å². The van der Waals surface area contributed by atoms with Crippen molar-refractivity contribution in [1.82, 2.24) is 10.3 Å². The van der Waals surface area contributed by atoms with E-state index in [0.717, 1.165) is 15.4 Å². The van der Waals surface area contributed by atoms with Crippen molar-refractivity contribution >= 4 is 32.9 Å². The van der Waals surface area contributed by atoms with E-state index in [1.807, 2.05) is 18.2 Å². The van der Waals surface area contributed by atoms with E-state index >= 15 is 0 Å². The molecule has 6 nitrogen and oxygen atoms in total. The number of carbonyl (C=O) groups is 1. The second-order valence-corrected chi connectivity index (χ2v) is 7.24. The number of H-pyrrole nitrogens is 1. The van der Waals surface area contributed by atoms with Gasteiger partial charge in [0, 0.05) is 33.7 Å². The highest BCUT2D eigenvalue weighted by molar-refractivity contribution is 9.10. The number of halogens is 1. The minimum absolute atomic E-state index is 0.112. The predicted octanol–water partition coefficient (Wildman–Crippen LogP) is 2.85. The topological polar surface area (TPSA) is 94.6 Å². The van der Waals surface area contributed by atoms with Crippen molar-refractivity contribution < 1.29 is 19.7 Å². The van der Waals surface area contributed by atoms with E-state index in [1.165, 1.54) is 0 Å². The number of aliphatic hydroxyl groups excluding tert-OH is 2. The number of fused-ring (bicyclic) bond motifs is 1. The third kappa shape index (κ3) is 4.70. The molecule has 2 aromatic rings. The van der Waals surface area contributed by atoms with Crippen molar-refractivity contribution in [1.29, 1.82) is 0 Å². The molecule has 0 aliphatic rings. The molecule has 0 saturated heterocycles. The molecule has 0 saturated carbocycles. The number of aromatic nitrogens is 1. The highest BCUT2D eigenvalue weighted by atomic mass is 79.9. The molecule has 0 aliphatic carbocycles. The number of carbonyl (C=O) groups excluding carboxylic acids is 1. The molecule has 1 aromatic heterocycles. The Morgan fingerprint density at radius 3 is 2.74 bits per heavy atom. The molecule has 0 bridgehead atoms. The minimum Gasteiger partial charge on any atom is -0.444 e. The summed E-state index contributed by atoms with van der Waals surface area (Å²) in [6.07, 6.45) is -1.25. The molecule has 2 unspecified atom stereocenters. The van der Waals surface area contributed by atoms with Crippen LogP contribution in [0.25, 0.3) is 10.9 Å². The van der Waals surface area contributed by atoms with Gasteiger partial charge in [0.15, 0.2) is 0 Å². The molecule has 0 spiro atoms. The molecular weight excluding hydrogens is 364 g/mol. The van der Waals surface area contributed by atoms with Crippen molar-refractivity contribution in [2.45, 2.75) is 38.6 Å². The predicted molar refractivity (Wildman–Crippen MR) is 91.2 cm³/mol. The minimum atomic E-state index is -1.15. The van der Waals surface area contributed by atoms with Gasteiger partial charge >= 0.3 is 6.09 Å². The van der Waals surface area contributed by atoms with Gasteiger partial charge in [-0.3, -0.25) is 0 Å². The SMILES string of the molecule is CC(C)(C)OC(=O)NCC(O)C(O)c1c[nH]c2cc(Br)ccc12. The number of alkyl carbamates (subject to hydrolysis) is 1. The molecular formula is C16H21BrN2O4. The zero-order valence-corrected chi connectivity index (χ0v) is 14.8. The summed E-state index contributed by atoms with van der Waals surface area (Å²) in [5, 5.41) is 23.7. The third-order valence-corrected chi connectivity index (χ3v) is 3.71. The summed E-state index contributed by atoms with van der Waals surface area (Å²) in [4.78, 5) is 14.6. The molecule has 0 aliphatic heterocycles. The summed E-state index contributed by atoms with van der Waals surface area (Å²) in [5.41, 5.74) is 0.810. The number of benzene rings is 1. The molecule has 126 valence electrons. The van der Waals surface area contributed by atoms with E-state index < -0.39 is 23.9 Å². The standard InChI is InChI=1S/C16H21BrN2O4/c1-16(2,3)23-15(22)19-8-13(20)14(21)11-7-18-12-6-9(17)4-5-10(11)12/h4-7,13-14,18,20-21H,8H2,1-3H3,(H,19,22). The van der Waals surface area contributed by atoms with E-state index in [1.54, 1.807) is 27.0 Å².